The minimum Gasteiger partial charge on any atom is -0.463 e. The van der Waals surface area contributed by atoms with Gasteiger partial charge in [-0.2, -0.15) is 13.2 Å². The number of carbonyl (C=O) groups excluding carboxylic acids is 2. The first-order chi connectivity index (χ1) is 11.1. The van der Waals surface area contributed by atoms with Crippen LogP contribution < -0.4 is 10.6 Å². The lowest BCUT2D eigenvalue weighted by atomic mass is 9.95. The van der Waals surface area contributed by atoms with E-state index in [0.29, 0.717) is 19.4 Å². The van der Waals surface area contributed by atoms with E-state index >= 15 is 0 Å². The van der Waals surface area contributed by atoms with E-state index in [0.717, 1.165) is 12.5 Å². The summed E-state index contributed by atoms with van der Waals surface area (Å²) >= 11 is 0. The van der Waals surface area contributed by atoms with Crippen LogP contribution >= 0.6 is 0 Å². The summed E-state index contributed by atoms with van der Waals surface area (Å²) < 4.78 is 44.8. The molecule has 1 aliphatic heterocycles. The molecule has 1 aromatic heterocycles. The molecule has 134 valence electrons. The van der Waals surface area contributed by atoms with Crippen molar-refractivity contribution in [2.24, 2.45) is 0 Å². The topological polar surface area (TPSA) is 91.6 Å². The van der Waals surface area contributed by atoms with Crippen molar-refractivity contribution in [1.82, 2.24) is 10.6 Å². The van der Waals surface area contributed by atoms with Crippen LogP contribution in [0, 0.1) is 6.92 Å². The molecular weight excluding hydrogens is 329 g/mol. The maximum atomic E-state index is 13.3. The van der Waals surface area contributed by atoms with Gasteiger partial charge in [0.25, 0.3) is 0 Å². The number of halogens is 3. The van der Waals surface area contributed by atoms with Crippen LogP contribution in [0.1, 0.15) is 37.2 Å². The molecule has 1 aliphatic rings. The molecule has 2 heterocycles. The molecule has 2 atom stereocenters. The highest BCUT2D eigenvalue weighted by Crippen LogP contribution is 2.42. The van der Waals surface area contributed by atoms with Gasteiger partial charge in [-0.1, -0.05) is 0 Å². The molecule has 0 radical (unpaired) electrons. The monoisotopic (exact) mass is 348 g/mol. The molecule has 9 heteroatoms. The van der Waals surface area contributed by atoms with Crippen molar-refractivity contribution in [3.63, 3.8) is 0 Å². The van der Waals surface area contributed by atoms with Gasteiger partial charge < -0.3 is 20.2 Å². The Bertz CT molecular complexity index is 614. The predicted octanol–water partition coefficient (Wildman–Crippen LogP) is 1.51. The SMILES string of the molecule is Cc1ccc(C(O)(CC(=O)NC2CCCCNC2=O)C(F)(F)F)o1. The summed E-state index contributed by atoms with van der Waals surface area (Å²) in [6.45, 7) is 1.89. The smallest absolute Gasteiger partial charge is 0.425 e. The van der Waals surface area contributed by atoms with Gasteiger partial charge in [-0.05, 0) is 38.3 Å². The quantitative estimate of drug-likeness (QED) is 0.769. The van der Waals surface area contributed by atoms with E-state index in [-0.39, 0.29) is 5.76 Å². The average Bonchev–Trinajstić information content (AvgIpc) is 2.81. The first-order valence-electron chi connectivity index (χ1n) is 7.56. The number of aryl methyl sites for hydroxylation is 1. The summed E-state index contributed by atoms with van der Waals surface area (Å²) in [6, 6.07) is 1.34. The molecule has 2 unspecified atom stereocenters. The Morgan fingerprint density at radius 2 is 2.12 bits per heavy atom. The molecule has 6 nitrogen and oxygen atoms in total. The van der Waals surface area contributed by atoms with Crippen LogP contribution in [0.2, 0.25) is 0 Å². The number of nitrogens with one attached hydrogen (secondary N) is 2. The number of hydrogen-bond acceptors (Lipinski definition) is 4. The molecule has 3 N–H and O–H groups in total. The van der Waals surface area contributed by atoms with Gasteiger partial charge in [0.1, 0.15) is 17.6 Å². The third-order valence-electron chi connectivity index (χ3n) is 3.90. The highest BCUT2D eigenvalue weighted by molar-refractivity contribution is 5.88. The lowest BCUT2D eigenvalue weighted by Gasteiger charge is -2.28. The summed E-state index contributed by atoms with van der Waals surface area (Å²) in [5, 5.41) is 14.9. The lowest BCUT2D eigenvalue weighted by molar-refractivity contribution is -0.273. The van der Waals surface area contributed by atoms with Gasteiger partial charge in [0, 0.05) is 6.54 Å². The molecule has 0 aliphatic carbocycles. The van der Waals surface area contributed by atoms with Gasteiger partial charge in [-0.15, -0.1) is 0 Å². The molecule has 1 fully saturated rings. The Kier molecular flexibility index (Phi) is 5.22. The summed E-state index contributed by atoms with van der Waals surface area (Å²) in [5.41, 5.74) is -3.45. The van der Waals surface area contributed by atoms with Gasteiger partial charge in [0.2, 0.25) is 17.4 Å². The first-order valence-corrected chi connectivity index (χ1v) is 7.56. The Morgan fingerprint density at radius 1 is 1.42 bits per heavy atom. The number of rotatable bonds is 4. The number of furan rings is 1. The second-order valence-corrected chi connectivity index (χ2v) is 5.85. The zero-order chi connectivity index (χ0) is 18.0. The van der Waals surface area contributed by atoms with Crippen molar-refractivity contribution >= 4 is 11.8 Å². The van der Waals surface area contributed by atoms with Gasteiger partial charge in [-0.25, -0.2) is 0 Å². The van der Waals surface area contributed by atoms with E-state index in [4.69, 9.17) is 4.42 Å². The Balaban J connectivity index is 2.14. The summed E-state index contributed by atoms with van der Waals surface area (Å²) in [4.78, 5) is 23.8. The Labute approximate surface area is 136 Å². The number of hydrogen-bond donors (Lipinski definition) is 3. The van der Waals surface area contributed by atoms with Crippen LogP contribution in [-0.4, -0.2) is 35.7 Å². The molecule has 0 spiro atoms. The zero-order valence-electron chi connectivity index (χ0n) is 13.1. The van der Waals surface area contributed by atoms with E-state index in [1.165, 1.54) is 13.0 Å². The zero-order valence-corrected chi connectivity index (χ0v) is 13.1. The van der Waals surface area contributed by atoms with Crippen LogP contribution in [0.3, 0.4) is 0 Å². The van der Waals surface area contributed by atoms with Crippen molar-refractivity contribution < 1.29 is 32.3 Å². The standard InChI is InChI=1S/C15H19F3N2O4/c1-9-5-6-11(24-9)14(23,15(16,17)18)8-12(21)20-10-4-2-3-7-19-13(10)22/h5-6,10,23H,2-4,7-8H2,1H3,(H,19,22)(H,20,21). The molecule has 0 aromatic carbocycles. The number of carbonyl (C=O) groups is 2. The minimum absolute atomic E-state index is 0.177. The first kappa shape index (κ1) is 18.3. The predicted molar refractivity (Wildman–Crippen MR) is 76.8 cm³/mol. The fraction of sp³-hybridized carbons (Fsp3) is 0.600. The van der Waals surface area contributed by atoms with Crippen LogP contribution in [0.4, 0.5) is 13.2 Å². The van der Waals surface area contributed by atoms with Gasteiger partial charge in [0.15, 0.2) is 0 Å². The fourth-order valence-corrected chi connectivity index (χ4v) is 2.54. The van der Waals surface area contributed by atoms with Crippen molar-refractivity contribution in [2.75, 3.05) is 6.54 Å². The fourth-order valence-electron chi connectivity index (χ4n) is 2.54. The summed E-state index contributed by atoms with van der Waals surface area (Å²) in [7, 11) is 0. The maximum Gasteiger partial charge on any atom is 0.425 e. The number of aliphatic hydroxyl groups is 1. The summed E-state index contributed by atoms with van der Waals surface area (Å²) in [6.07, 6.45) is -4.67. The average molecular weight is 348 g/mol. The third kappa shape index (κ3) is 3.89. The van der Waals surface area contributed by atoms with E-state index in [1.807, 2.05) is 0 Å². The normalized spacial score (nSPS) is 21.5. The van der Waals surface area contributed by atoms with Crippen LogP contribution in [0.15, 0.2) is 16.5 Å². The maximum absolute atomic E-state index is 13.3. The number of amides is 2. The second kappa shape index (κ2) is 6.84. The minimum atomic E-state index is -5.11. The molecule has 0 bridgehead atoms. The van der Waals surface area contributed by atoms with Gasteiger partial charge in [0.05, 0.1) is 6.42 Å². The Hall–Kier alpha value is -2.03. The molecule has 1 saturated heterocycles. The van der Waals surface area contributed by atoms with Crippen molar-refractivity contribution in [1.29, 1.82) is 0 Å². The molecule has 2 amide bonds. The number of alkyl halides is 3. The largest absolute Gasteiger partial charge is 0.463 e. The van der Waals surface area contributed by atoms with E-state index in [1.54, 1.807) is 0 Å². The molecule has 0 saturated carbocycles. The second-order valence-electron chi connectivity index (χ2n) is 5.85. The third-order valence-corrected chi connectivity index (χ3v) is 3.90. The Morgan fingerprint density at radius 3 is 2.71 bits per heavy atom. The van der Waals surface area contributed by atoms with Crippen LogP contribution in [0.5, 0.6) is 0 Å². The van der Waals surface area contributed by atoms with E-state index in [9.17, 15) is 27.9 Å². The highest BCUT2D eigenvalue weighted by atomic mass is 19.4. The van der Waals surface area contributed by atoms with Crippen molar-refractivity contribution in [3.8, 4) is 0 Å². The molecule has 24 heavy (non-hydrogen) atoms. The van der Waals surface area contributed by atoms with Gasteiger partial charge in [-0.3, -0.25) is 9.59 Å². The van der Waals surface area contributed by atoms with E-state index < -0.39 is 41.8 Å². The van der Waals surface area contributed by atoms with E-state index in [2.05, 4.69) is 10.6 Å². The molecular formula is C15H19F3N2O4. The highest BCUT2D eigenvalue weighted by Gasteiger charge is 2.58. The summed E-state index contributed by atoms with van der Waals surface area (Å²) in [5.74, 6) is -2.10. The van der Waals surface area contributed by atoms with Gasteiger partial charge >= 0.3 is 6.18 Å². The van der Waals surface area contributed by atoms with Crippen molar-refractivity contribution in [3.05, 3.63) is 23.7 Å². The lowest BCUT2D eigenvalue weighted by Crippen LogP contribution is -2.50. The van der Waals surface area contributed by atoms with Crippen molar-refractivity contribution in [2.45, 2.75) is 50.4 Å². The van der Waals surface area contributed by atoms with Crippen LogP contribution in [0.25, 0.3) is 0 Å². The molecule has 2 rings (SSSR count). The molecule has 1 aromatic rings. The van der Waals surface area contributed by atoms with Crippen LogP contribution in [-0.2, 0) is 15.2 Å².